The van der Waals surface area contributed by atoms with E-state index < -0.39 is 0 Å². The second-order valence-corrected chi connectivity index (χ2v) is 11.5. The second kappa shape index (κ2) is 12.5. The van der Waals surface area contributed by atoms with E-state index in [1.54, 1.807) is 44.9 Å². The summed E-state index contributed by atoms with van der Waals surface area (Å²) in [5, 5.41) is 0. The van der Waals surface area contributed by atoms with E-state index in [0.717, 1.165) is 23.2 Å². The molecule has 1 aromatic rings. The molecule has 0 aromatic heterocycles. The molecule has 0 aliphatic heterocycles. The Hall–Kier alpha value is -0.780. The SMILES string of the molecule is c1ccc(CCCCCCCCCC(C2CCCC2)(C2CCCC2)C2CCCC2)cc1. The van der Waals surface area contributed by atoms with Gasteiger partial charge in [0.25, 0.3) is 0 Å². The second-order valence-electron chi connectivity index (χ2n) is 11.5. The van der Waals surface area contributed by atoms with Crippen molar-refractivity contribution in [2.24, 2.45) is 23.2 Å². The Morgan fingerprint density at radius 1 is 0.516 bits per heavy atom. The fraction of sp³-hybridized carbons (Fsp3) is 0.806. The van der Waals surface area contributed by atoms with E-state index in [1.807, 2.05) is 0 Å². The van der Waals surface area contributed by atoms with Crippen LogP contribution in [0.5, 0.6) is 0 Å². The van der Waals surface area contributed by atoms with Crippen LogP contribution in [-0.4, -0.2) is 0 Å². The first-order chi connectivity index (χ1) is 15.4. The Bertz CT molecular complexity index is 543. The maximum atomic E-state index is 2.28. The van der Waals surface area contributed by atoms with E-state index in [9.17, 15) is 0 Å². The Kier molecular flexibility index (Phi) is 9.40. The lowest BCUT2D eigenvalue weighted by molar-refractivity contribution is -0.00658. The predicted molar refractivity (Wildman–Crippen MR) is 135 cm³/mol. The van der Waals surface area contributed by atoms with Gasteiger partial charge in [0, 0.05) is 0 Å². The molecule has 31 heavy (non-hydrogen) atoms. The van der Waals surface area contributed by atoms with Crippen LogP contribution in [0.3, 0.4) is 0 Å². The molecule has 1 aromatic carbocycles. The molecule has 3 aliphatic rings. The molecule has 0 saturated heterocycles. The number of hydrogen-bond acceptors (Lipinski definition) is 0. The summed E-state index contributed by atoms with van der Waals surface area (Å²) in [6.07, 6.45) is 31.8. The summed E-state index contributed by atoms with van der Waals surface area (Å²) in [6, 6.07) is 11.1. The normalized spacial score (nSPS) is 21.4. The molecule has 0 atom stereocenters. The standard InChI is InChI=1S/C31H50/c1(2-4-7-17-27-18-8-6-9-19-27)3-5-16-26-31(28-20-10-11-21-28,29-22-12-13-23-29)30-24-14-15-25-30/h6,8-9,18-19,28-30H,1-5,7,10-17,20-26H2. The van der Waals surface area contributed by atoms with Gasteiger partial charge in [-0.3, -0.25) is 0 Å². The minimum atomic E-state index is 0.763. The van der Waals surface area contributed by atoms with Gasteiger partial charge in [-0.05, 0) is 86.5 Å². The molecule has 3 saturated carbocycles. The summed E-state index contributed by atoms with van der Waals surface area (Å²) in [5.41, 5.74) is 2.28. The van der Waals surface area contributed by atoms with E-state index >= 15 is 0 Å². The molecule has 3 aliphatic carbocycles. The van der Waals surface area contributed by atoms with Crippen molar-refractivity contribution in [3.8, 4) is 0 Å². The highest BCUT2D eigenvalue weighted by Gasteiger charge is 2.51. The first-order valence-corrected chi connectivity index (χ1v) is 14.4. The summed E-state index contributed by atoms with van der Waals surface area (Å²) in [7, 11) is 0. The zero-order valence-electron chi connectivity index (χ0n) is 20.5. The van der Waals surface area contributed by atoms with Crippen LogP contribution < -0.4 is 0 Å². The fourth-order valence-corrected chi connectivity index (χ4v) is 8.29. The molecule has 0 radical (unpaired) electrons. The Morgan fingerprint density at radius 3 is 1.42 bits per heavy atom. The van der Waals surface area contributed by atoms with Gasteiger partial charge in [-0.1, -0.05) is 107 Å². The van der Waals surface area contributed by atoms with Crippen LogP contribution in [0.2, 0.25) is 0 Å². The van der Waals surface area contributed by atoms with E-state index in [1.165, 1.54) is 95.5 Å². The first-order valence-electron chi connectivity index (χ1n) is 14.4. The average molecular weight is 423 g/mol. The predicted octanol–water partition coefficient (Wildman–Crippen LogP) is 9.91. The largest absolute Gasteiger partial charge is 0.0622 e. The monoisotopic (exact) mass is 422 g/mol. The third kappa shape index (κ3) is 6.17. The van der Waals surface area contributed by atoms with Gasteiger partial charge in [0.1, 0.15) is 0 Å². The highest BCUT2D eigenvalue weighted by Crippen LogP contribution is 2.60. The van der Waals surface area contributed by atoms with Crippen LogP contribution in [0.25, 0.3) is 0 Å². The summed E-state index contributed by atoms with van der Waals surface area (Å²) in [6.45, 7) is 0. The molecule has 0 heteroatoms. The van der Waals surface area contributed by atoms with Gasteiger partial charge in [0.15, 0.2) is 0 Å². The zero-order chi connectivity index (χ0) is 21.2. The molecule has 3 fully saturated rings. The molecule has 0 spiro atoms. The zero-order valence-corrected chi connectivity index (χ0v) is 20.5. The minimum Gasteiger partial charge on any atom is -0.0622 e. The fourth-order valence-electron chi connectivity index (χ4n) is 8.29. The molecule has 174 valence electrons. The number of hydrogen-bond donors (Lipinski definition) is 0. The lowest BCUT2D eigenvalue weighted by atomic mass is 9.55. The summed E-state index contributed by atoms with van der Waals surface area (Å²) < 4.78 is 0. The first kappa shape index (κ1) is 23.4. The van der Waals surface area contributed by atoms with Crippen molar-refractivity contribution in [1.29, 1.82) is 0 Å². The van der Waals surface area contributed by atoms with E-state index in [4.69, 9.17) is 0 Å². The van der Waals surface area contributed by atoms with Crippen molar-refractivity contribution in [2.75, 3.05) is 0 Å². The van der Waals surface area contributed by atoms with Crippen molar-refractivity contribution in [3.05, 3.63) is 35.9 Å². The van der Waals surface area contributed by atoms with Crippen molar-refractivity contribution >= 4 is 0 Å². The molecule has 0 nitrogen and oxygen atoms in total. The van der Waals surface area contributed by atoms with Gasteiger partial charge >= 0.3 is 0 Å². The lowest BCUT2D eigenvalue weighted by Crippen LogP contribution is -2.42. The molecule has 4 rings (SSSR count). The van der Waals surface area contributed by atoms with Crippen LogP contribution in [0, 0.1) is 23.2 Å². The summed E-state index contributed by atoms with van der Waals surface area (Å²) in [5.74, 6) is 3.28. The summed E-state index contributed by atoms with van der Waals surface area (Å²) in [4.78, 5) is 0. The van der Waals surface area contributed by atoms with Crippen LogP contribution in [0.15, 0.2) is 30.3 Å². The van der Waals surface area contributed by atoms with Crippen molar-refractivity contribution in [2.45, 2.75) is 135 Å². The highest BCUT2D eigenvalue weighted by molar-refractivity contribution is 5.14. The minimum absolute atomic E-state index is 0.763. The van der Waals surface area contributed by atoms with E-state index in [-0.39, 0.29) is 0 Å². The van der Waals surface area contributed by atoms with Crippen LogP contribution in [0.4, 0.5) is 0 Å². The molecule has 0 bridgehead atoms. The topological polar surface area (TPSA) is 0 Å². The molecule has 0 heterocycles. The van der Waals surface area contributed by atoms with Crippen LogP contribution in [-0.2, 0) is 6.42 Å². The van der Waals surface area contributed by atoms with Gasteiger partial charge in [-0.2, -0.15) is 0 Å². The Labute approximate surface area is 194 Å². The van der Waals surface area contributed by atoms with E-state index in [0.29, 0.717) is 0 Å². The van der Waals surface area contributed by atoms with Gasteiger partial charge in [0.2, 0.25) is 0 Å². The molecular weight excluding hydrogens is 372 g/mol. The smallest absolute Gasteiger partial charge is 0.0213 e. The van der Waals surface area contributed by atoms with E-state index in [2.05, 4.69) is 30.3 Å². The lowest BCUT2D eigenvalue weighted by Gasteiger charge is -2.49. The van der Waals surface area contributed by atoms with Crippen LogP contribution >= 0.6 is 0 Å². The van der Waals surface area contributed by atoms with Gasteiger partial charge in [-0.25, -0.2) is 0 Å². The Morgan fingerprint density at radius 2 is 0.935 bits per heavy atom. The third-order valence-electron chi connectivity index (χ3n) is 9.76. The van der Waals surface area contributed by atoms with Crippen molar-refractivity contribution in [1.82, 2.24) is 0 Å². The van der Waals surface area contributed by atoms with Crippen molar-refractivity contribution < 1.29 is 0 Å². The molecular formula is C31H50. The van der Waals surface area contributed by atoms with Crippen LogP contribution in [0.1, 0.15) is 134 Å². The molecule has 0 N–H and O–H groups in total. The third-order valence-corrected chi connectivity index (χ3v) is 9.76. The molecule has 0 unspecified atom stereocenters. The number of unbranched alkanes of at least 4 members (excludes halogenated alkanes) is 6. The maximum Gasteiger partial charge on any atom is -0.0213 e. The number of benzene rings is 1. The van der Waals surface area contributed by atoms with Gasteiger partial charge in [0.05, 0.1) is 0 Å². The average Bonchev–Trinajstić information content (AvgIpc) is 3.60. The number of aryl methyl sites for hydroxylation is 1. The maximum absolute atomic E-state index is 2.28. The van der Waals surface area contributed by atoms with Gasteiger partial charge in [-0.15, -0.1) is 0 Å². The summed E-state index contributed by atoms with van der Waals surface area (Å²) >= 11 is 0. The quantitative estimate of drug-likeness (QED) is 0.277. The van der Waals surface area contributed by atoms with Crippen molar-refractivity contribution in [3.63, 3.8) is 0 Å². The Balaban J connectivity index is 1.20. The molecule has 0 amide bonds. The van der Waals surface area contributed by atoms with Gasteiger partial charge < -0.3 is 0 Å². The number of rotatable bonds is 13. The highest BCUT2D eigenvalue weighted by atomic mass is 14.6.